The second-order valence-corrected chi connectivity index (χ2v) is 8.38. The second kappa shape index (κ2) is 10.2. The third kappa shape index (κ3) is 5.39. The van der Waals surface area contributed by atoms with Crippen LogP contribution in [0, 0.1) is 5.92 Å². The summed E-state index contributed by atoms with van der Waals surface area (Å²) in [7, 11) is 0. The Bertz CT molecular complexity index is 823. The normalized spacial score (nSPS) is 20.3. The van der Waals surface area contributed by atoms with Gasteiger partial charge in [0.2, 0.25) is 0 Å². The summed E-state index contributed by atoms with van der Waals surface area (Å²) in [6, 6.07) is 5.21. The van der Waals surface area contributed by atoms with Crippen molar-refractivity contribution >= 4 is 23.2 Å². The smallest absolute Gasteiger partial charge is 0.264 e. The van der Waals surface area contributed by atoms with Gasteiger partial charge in [0, 0.05) is 29.7 Å². The largest absolute Gasteiger partial charge is 0.396 e. The molecule has 1 amide bonds. The van der Waals surface area contributed by atoms with Crippen molar-refractivity contribution in [3.05, 3.63) is 64.2 Å². The number of fused-ring (bicyclic) bond motifs is 1. The van der Waals surface area contributed by atoms with Crippen LogP contribution in [0.15, 0.2) is 53.6 Å². The molecule has 0 saturated carbocycles. The number of aliphatic hydroxyl groups excluding tert-OH is 1. The van der Waals surface area contributed by atoms with Crippen LogP contribution in [0.4, 0.5) is 5.69 Å². The Hall–Kier alpha value is -1.88. The summed E-state index contributed by atoms with van der Waals surface area (Å²) in [6.45, 7) is 8.47. The van der Waals surface area contributed by atoms with Crippen LogP contribution in [0.1, 0.15) is 52.5 Å². The van der Waals surface area contributed by atoms with Crippen molar-refractivity contribution in [3.63, 3.8) is 0 Å². The van der Waals surface area contributed by atoms with Gasteiger partial charge in [0.05, 0.1) is 5.69 Å². The Balaban J connectivity index is 2.30. The number of anilines is 1. The van der Waals surface area contributed by atoms with Gasteiger partial charge in [-0.25, -0.2) is 0 Å². The number of halogens is 1. The van der Waals surface area contributed by atoms with Gasteiger partial charge in [-0.1, -0.05) is 54.0 Å². The average Bonchev–Trinajstić information content (AvgIpc) is 2.88. The summed E-state index contributed by atoms with van der Waals surface area (Å²) in [4.78, 5) is 14.9. The number of amides is 1. The van der Waals surface area contributed by atoms with Gasteiger partial charge in [-0.2, -0.15) is 0 Å². The molecule has 2 rings (SSSR count). The third-order valence-corrected chi connectivity index (χ3v) is 5.56. The van der Waals surface area contributed by atoms with E-state index in [-0.39, 0.29) is 12.5 Å². The van der Waals surface area contributed by atoms with Gasteiger partial charge in [0.15, 0.2) is 5.60 Å². The first-order valence-electron chi connectivity index (χ1n) is 10.1. The molecule has 1 aliphatic rings. The fraction of sp³-hybridized carbons (Fsp3) is 0.458. The van der Waals surface area contributed by atoms with Crippen LogP contribution in [-0.4, -0.2) is 29.3 Å². The summed E-state index contributed by atoms with van der Waals surface area (Å²) in [6.07, 6.45) is 10.2. The van der Waals surface area contributed by atoms with Gasteiger partial charge in [-0.15, -0.1) is 0 Å². The number of nitrogens with zero attached hydrogens (tertiary/aromatic N) is 1. The summed E-state index contributed by atoms with van der Waals surface area (Å²) in [5.74, 6) is -0.796. The Morgan fingerprint density at radius 2 is 1.97 bits per heavy atom. The SMILES string of the molecule is CC(C)=CCC/C(C)=C/CN1C(=O)[C@@](O)([C@@H](C)/C=C/CCO)c2cc(Cl)ccc21. The first kappa shape index (κ1) is 23.4. The van der Waals surface area contributed by atoms with Gasteiger partial charge >= 0.3 is 0 Å². The molecule has 1 heterocycles. The van der Waals surface area contributed by atoms with Crippen molar-refractivity contribution in [2.75, 3.05) is 18.1 Å². The maximum atomic E-state index is 13.3. The number of aliphatic hydroxyl groups is 2. The molecular formula is C24H32ClNO3. The van der Waals surface area contributed by atoms with E-state index < -0.39 is 11.5 Å². The van der Waals surface area contributed by atoms with Crippen LogP contribution < -0.4 is 4.90 Å². The molecule has 0 unspecified atom stereocenters. The standard InChI is InChI=1S/C24H32ClNO3/c1-17(2)8-7-9-18(3)13-14-26-22-12-11-20(25)16-21(22)24(29,23(26)28)19(4)10-5-6-15-27/h5,8,10-13,16,19,27,29H,6-7,9,14-15H2,1-4H3/b10-5+,18-13+/t19-,24+/m0/s1. The number of carbonyl (C=O) groups is 1. The van der Waals surface area contributed by atoms with E-state index in [0.717, 1.165) is 12.8 Å². The van der Waals surface area contributed by atoms with E-state index in [0.29, 0.717) is 29.2 Å². The van der Waals surface area contributed by atoms with Crippen LogP contribution in [0.3, 0.4) is 0 Å². The minimum atomic E-state index is -1.67. The van der Waals surface area contributed by atoms with Gasteiger partial charge in [0.1, 0.15) is 0 Å². The van der Waals surface area contributed by atoms with E-state index in [2.05, 4.69) is 26.8 Å². The molecule has 0 saturated heterocycles. The van der Waals surface area contributed by atoms with Crippen molar-refractivity contribution in [2.24, 2.45) is 5.92 Å². The molecule has 5 heteroatoms. The van der Waals surface area contributed by atoms with Gasteiger partial charge < -0.3 is 15.1 Å². The number of hydrogen-bond donors (Lipinski definition) is 2. The predicted octanol–water partition coefficient (Wildman–Crippen LogP) is 5.14. The number of allylic oxidation sites excluding steroid dienone is 3. The first-order chi connectivity index (χ1) is 13.7. The van der Waals surface area contributed by atoms with Crippen LogP contribution >= 0.6 is 11.6 Å². The molecule has 2 atom stereocenters. The maximum Gasteiger partial charge on any atom is 0.264 e. The topological polar surface area (TPSA) is 60.8 Å². The lowest BCUT2D eigenvalue weighted by Gasteiger charge is -2.27. The molecule has 0 aromatic heterocycles. The van der Waals surface area contributed by atoms with Crippen molar-refractivity contribution < 1.29 is 15.0 Å². The van der Waals surface area contributed by atoms with Crippen LogP contribution in [0.5, 0.6) is 0 Å². The number of benzene rings is 1. The van der Waals surface area contributed by atoms with E-state index >= 15 is 0 Å². The van der Waals surface area contributed by atoms with Gasteiger partial charge in [-0.05, 0) is 58.2 Å². The monoisotopic (exact) mass is 417 g/mol. The molecule has 1 aliphatic heterocycles. The molecule has 29 heavy (non-hydrogen) atoms. The fourth-order valence-corrected chi connectivity index (χ4v) is 3.72. The molecule has 2 N–H and O–H groups in total. The highest BCUT2D eigenvalue weighted by atomic mass is 35.5. The third-order valence-electron chi connectivity index (χ3n) is 5.32. The van der Waals surface area contributed by atoms with Crippen molar-refractivity contribution in [2.45, 2.75) is 52.6 Å². The number of carbonyl (C=O) groups excluding carboxylic acids is 1. The van der Waals surface area contributed by atoms with Crippen LogP contribution in [-0.2, 0) is 10.4 Å². The summed E-state index contributed by atoms with van der Waals surface area (Å²) in [5.41, 5.74) is 2.06. The molecule has 0 bridgehead atoms. The Morgan fingerprint density at radius 1 is 1.24 bits per heavy atom. The zero-order valence-electron chi connectivity index (χ0n) is 17.8. The molecule has 1 aromatic rings. The highest BCUT2D eigenvalue weighted by molar-refractivity contribution is 6.31. The van der Waals surface area contributed by atoms with Crippen LogP contribution in [0.2, 0.25) is 5.02 Å². The van der Waals surface area contributed by atoms with Crippen LogP contribution in [0.25, 0.3) is 0 Å². The summed E-state index contributed by atoms with van der Waals surface area (Å²) >= 11 is 6.18. The molecule has 0 radical (unpaired) electrons. The number of rotatable bonds is 9. The zero-order valence-corrected chi connectivity index (χ0v) is 18.5. The lowest BCUT2D eigenvalue weighted by atomic mass is 9.83. The van der Waals surface area contributed by atoms with E-state index in [1.807, 2.05) is 6.08 Å². The molecule has 158 valence electrons. The molecule has 1 aromatic carbocycles. The molecule has 0 aliphatic carbocycles. The Labute approximate surface area is 179 Å². The number of hydrogen-bond acceptors (Lipinski definition) is 3. The Morgan fingerprint density at radius 3 is 2.62 bits per heavy atom. The minimum absolute atomic E-state index is 0.0287. The first-order valence-corrected chi connectivity index (χ1v) is 10.5. The lowest BCUT2D eigenvalue weighted by Crippen LogP contribution is -2.44. The van der Waals surface area contributed by atoms with Crippen molar-refractivity contribution in [1.29, 1.82) is 0 Å². The molecule has 0 spiro atoms. The van der Waals surface area contributed by atoms with Crippen molar-refractivity contribution in [1.82, 2.24) is 0 Å². The van der Waals surface area contributed by atoms with Gasteiger partial charge in [-0.3, -0.25) is 4.79 Å². The zero-order chi connectivity index (χ0) is 21.6. The van der Waals surface area contributed by atoms with E-state index in [1.54, 1.807) is 42.2 Å². The minimum Gasteiger partial charge on any atom is -0.396 e. The highest BCUT2D eigenvalue weighted by Gasteiger charge is 2.52. The maximum absolute atomic E-state index is 13.3. The molecule has 4 nitrogen and oxygen atoms in total. The predicted molar refractivity (Wildman–Crippen MR) is 120 cm³/mol. The Kier molecular flexibility index (Phi) is 8.26. The van der Waals surface area contributed by atoms with E-state index in [9.17, 15) is 9.90 Å². The quantitative estimate of drug-likeness (QED) is 0.547. The molecular weight excluding hydrogens is 386 g/mol. The second-order valence-electron chi connectivity index (χ2n) is 7.94. The summed E-state index contributed by atoms with van der Waals surface area (Å²) in [5, 5.41) is 20.9. The molecule has 0 fully saturated rings. The fourth-order valence-electron chi connectivity index (χ4n) is 3.55. The average molecular weight is 418 g/mol. The summed E-state index contributed by atoms with van der Waals surface area (Å²) < 4.78 is 0. The van der Waals surface area contributed by atoms with Crippen molar-refractivity contribution in [3.8, 4) is 0 Å². The van der Waals surface area contributed by atoms with E-state index in [1.165, 1.54) is 11.1 Å². The lowest BCUT2D eigenvalue weighted by molar-refractivity contribution is -0.139. The van der Waals surface area contributed by atoms with Gasteiger partial charge in [0.25, 0.3) is 5.91 Å². The highest BCUT2D eigenvalue weighted by Crippen LogP contribution is 2.46. The van der Waals surface area contributed by atoms with E-state index in [4.69, 9.17) is 16.7 Å².